The highest BCUT2D eigenvalue weighted by Gasteiger charge is 2.34. The third-order valence-electron chi connectivity index (χ3n) is 3.43. The molecule has 0 spiro atoms. The Morgan fingerprint density at radius 1 is 1.09 bits per heavy atom. The maximum atomic E-state index is 13.7. The minimum Gasteiger partial charge on any atom is -0.351 e. The summed E-state index contributed by atoms with van der Waals surface area (Å²) in [4.78, 5) is 33.2. The molecule has 0 fully saturated rings. The number of rotatable bonds is 3. The maximum absolute atomic E-state index is 13.7. The molecule has 0 saturated heterocycles. The van der Waals surface area contributed by atoms with E-state index in [0.29, 0.717) is 11.3 Å². The van der Waals surface area contributed by atoms with Crippen LogP contribution in [0.5, 0.6) is 0 Å². The average molecular weight is 329 g/mol. The summed E-state index contributed by atoms with van der Waals surface area (Å²) < 4.78 is 13.7. The fourth-order valence-corrected chi connectivity index (χ4v) is 2.87. The van der Waals surface area contributed by atoms with Gasteiger partial charge in [-0.1, -0.05) is 6.07 Å². The Hall–Kier alpha value is -2.54. The summed E-state index contributed by atoms with van der Waals surface area (Å²) in [5.41, 5.74) is 1.03. The molecule has 1 aromatic heterocycles. The summed E-state index contributed by atoms with van der Waals surface area (Å²) in [7, 11) is 0. The summed E-state index contributed by atoms with van der Waals surface area (Å²) in [5, 5.41) is 2.85. The first-order chi connectivity index (χ1) is 11.0. The first-order valence-electron chi connectivity index (χ1n) is 6.74. The van der Waals surface area contributed by atoms with Crippen LogP contribution in [-0.2, 0) is 0 Å². The SMILES string of the molecule is CSC1=C(Nc2ccc(C)c(F)c2)C(=O)c2nccnc2C1=O. The van der Waals surface area contributed by atoms with Crippen LogP contribution in [0.3, 0.4) is 0 Å². The van der Waals surface area contributed by atoms with E-state index in [0.717, 1.165) is 11.8 Å². The lowest BCUT2D eigenvalue weighted by Gasteiger charge is -2.19. The van der Waals surface area contributed by atoms with Gasteiger partial charge >= 0.3 is 0 Å². The number of Topliss-reactive ketones (excluding diaryl/α,β-unsaturated/α-hetero) is 2. The van der Waals surface area contributed by atoms with Gasteiger partial charge in [-0.2, -0.15) is 0 Å². The second kappa shape index (κ2) is 5.92. The molecule has 0 aliphatic heterocycles. The van der Waals surface area contributed by atoms with E-state index in [4.69, 9.17) is 0 Å². The van der Waals surface area contributed by atoms with Gasteiger partial charge in [-0.15, -0.1) is 11.8 Å². The van der Waals surface area contributed by atoms with Gasteiger partial charge in [-0.3, -0.25) is 9.59 Å². The summed E-state index contributed by atoms with van der Waals surface area (Å²) in [6.07, 6.45) is 4.42. The maximum Gasteiger partial charge on any atom is 0.231 e. The number of aryl methyl sites for hydroxylation is 1. The molecule has 3 rings (SSSR count). The normalized spacial score (nSPS) is 14.0. The summed E-state index contributed by atoms with van der Waals surface area (Å²) >= 11 is 1.14. The van der Waals surface area contributed by atoms with Crippen LogP contribution in [0.2, 0.25) is 0 Å². The van der Waals surface area contributed by atoms with Crippen molar-refractivity contribution in [2.45, 2.75) is 6.92 Å². The van der Waals surface area contributed by atoms with Crippen LogP contribution in [-0.4, -0.2) is 27.8 Å². The number of allylic oxidation sites excluding steroid dienone is 2. The molecule has 0 saturated carbocycles. The van der Waals surface area contributed by atoms with E-state index in [1.165, 1.54) is 18.5 Å². The van der Waals surface area contributed by atoms with Crippen molar-refractivity contribution in [3.8, 4) is 0 Å². The molecule has 23 heavy (non-hydrogen) atoms. The molecule has 1 N–H and O–H groups in total. The summed E-state index contributed by atoms with van der Waals surface area (Å²) in [6, 6.07) is 4.53. The zero-order valence-electron chi connectivity index (χ0n) is 12.4. The Kier molecular flexibility index (Phi) is 3.96. The minimum absolute atomic E-state index is 0.00498. The third kappa shape index (κ3) is 2.63. The van der Waals surface area contributed by atoms with Crippen molar-refractivity contribution in [3.63, 3.8) is 0 Å². The van der Waals surface area contributed by atoms with Gasteiger partial charge in [0.05, 0.1) is 4.91 Å². The van der Waals surface area contributed by atoms with Crippen molar-refractivity contribution in [3.05, 3.63) is 64.0 Å². The second-order valence-corrected chi connectivity index (χ2v) is 5.73. The molecule has 1 heterocycles. The first kappa shape index (κ1) is 15.4. The average Bonchev–Trinajstić information content (AvgIpc) is 2.56. The predicted octanol–water partition coefficient (Wildman–Crippen LogP) is 2.99. The zero-order valence-corrected chi connectivity index (χ0v) is 13.2. The number of hydrogen-bond acceptors (Lipinski definition) is 6. The van der Waals surface area contributed by atoms with Crippen LogP contribution < -0.4 is 5.32 Å². The number of carbonyl (C=O) groups is 2. The van der Waals surface area contributed by atoms with Crippen molar-refractivity contribution in [1.29, 1.82) is 0 Å². The van der Waals surface area contributed by atoms with Crippen molar-refractivity contribution >= 4 is 29.0 Å². The molecule has 0 unspecified atom stereocenters. The van der Waals surface area contributed by atoms with Crippen molar-refractivity contribution < 1.29 is 14.0 Å². The molecule has 0 radical (unpaired) electrons. The topological polar surface area (TPSA) is 72.0 Å². The zero-order chi connectivity index (χ0) is 16.6. The second-order valence-electron chi connectivity index (χ2n) is 4.91. The predicted molar refractivity (Wildman–Crippen MR) is 86.0 cm³/mol. The standard InChI is InChI=1S/C16H12FN3O2S/c1-8-3-4-9(7-10(8)17)20-13-14(21)11-12(19-6-5-18-11)15(22)16(13)23-2/h3-7,20H,1-2H3. The van der Waals surface area contributed by atoms with Crippen molar-refractivity contribution in [2.24, 2.45) is 0 Å². The Morgan fingerprint density at radius 2 is 1.74 bits per heavy atom. The van der Waals surface area contributed by atoms with Crippen molar-refractivity contribution in [1.82, 2.24) is 9.97 Å². The molecule has 116 valence electrons. The van der Waals surface area contributed by atoms with Gasteiger partial charge in [0.15, 0.2) is 0 Å². The number of nitrogens with one attached hydrogen (secondary N) is 1. The number of anilines is 1. The van der Waals surface area contributed by atoms with E-state index in [-0.39, 0.29) is 27.8 Å². The smallest absolute Gasteiger partial charge is 0.231 e. The van der Waals surface area contributed by atoms with Crippen LogP contribution in [0.4, 0.5) is 10.1 Å². The van der Waals surface area contributed by atoms with Crippen LogP contribution in [0.25, 0.3) is 0 Å². The monoisotopic (exact) mass is 329 g/mol. The number of halogens is 1. The molecule has 0 atom stereocenters. The summed E-state index contributed by atoms with van der Waals surface area (Å²) in [5.74, 6) is -1.19. The Morgan fingerprint density at radius 3 is 2.35 bits per heavy atom. The van der Waals surface area contributed by atoms with E-state index in [1.54, 1.807) is 25.3 Å². The van der Waals surface area contributed by atoms with E-state index < -0.39 is 11.6 Å². The molecule has 2 aromatic rings. The Labute approximate surface area is 136 Å². The van der Waals surface area contributed by atoms with Crippen LogP contribution in [0.1, 0.15) is 26.5 Å². The number of thioether (sulfide) groups is 1. The van der Waals surface area contributed by atoms with E-state index in [9.17, 15) is 14.0 Å². The lowest BCUT2D eigenvalue weighted by atomic mass is 10.0. The molecule has 0 bridgehead atoms. The highest BCUT2D eigenvalue weighted by atomic mass is 32.2. The van der Waals surface area contributed by atoms with Gasteiger partial charge in [-0.05, 0) is 30.9 Å². The molecular formula is C16H12FN3O2S. The van der Waals surface area contributed by atoms with E-state index >= 15 is 0 Å². The molecule has 7 heteroatoms. The lowest BCUT2D eigenvalue weighted by Crippen LogP contribution is -2.27. The number of benzene rings is 1. The van der Waals surface area contributed by atoms with Crippen LogP contribution in [0, 0.1) is 12.7 Å². The van der Waals surface area contributed by atoms with E-state index in [1.807, 2.05) is 0 Å². The molecular weight excluding hydrogens is 317 g/mol. The Balaban J connectivity index is 2.07. The largest absolute Gasteiger partial charge is 0.351 e. The molecule has 5 nitrogen and oxygen atoms in total. The van der Waals surface area contributed by atoms with Gasteiger partial charge in [0.1, 0.15) is 22.9 Å². The Bertz CT molecular complexity index is 864. The number of fused-ring (bicyclic) bond motifs is 1. The fourth-order valence-electron chi connectivity index (χ4n) is 2.24. The van der Waals surface area contributed by atoms with Gasteiger partial charge in [0, 0.05) is 18.1 Å². The minimum atomic E-state index is -0.432. The lowest BCUT2D eigenvalue weighted by molar-refractivity contribution is 0.0975. The third-order valence-corrected chi connectivity index (χ3v) is 4.23. The number of carbonyl (C=O) groups excluding carboxylic acids is 2. The highest BCUT2D eigenvalue weighted by Crippen LogP contribution is 2.30. The highest BCUT2D eigenvalue weighted by molar-refractivity contribution is 8.03. The van der Waals surface area contributed by atoms with E-state index in [2.05, 4.69) is 15.3 Å². The molecule has 1 aliphatic rings. The van der Waals surface area contributed by atoms with Crippen LogP contribution >= 0.6 is 11.8 Å². The van der Waals surface area contributed by atoms with Crippen LogP contribution in [0.15, 0.2) is 41.2 Å². The quantitative estimate of drug-likeness (QED) is 0.933. The van der Waals surface area contributed by atoms with Gasteiger partial charge in [0.25, 0.3) is 0 Å². The number of ketones is 2. The first-order valence-corrected chi connectivity index (χ1v) is 7.97. The van der Waals surface area contributed by atoms with Gasteiger partial charge in [-0.25, -0.2) is 14.4 Å². The fraction of sp³-hybridized carbons (Fsp3) is 0.125. The van der Waals surface area contributed by atoms with Gasteiger partial charge < -0.3 is 5.32 Å². The molecule has 0 amide bonds. The number of aromatic nitrogens is 2. The summed E-state index contributed by atoms with van der Waals surface area (Å²) in [6.45, 7) is 1.65. The number of hydrogen-bond donors (Lipinski definition) is 1. The van der Waals surface area contributed by atoms with Gasteiger partial charge in [0.2, 0.25) is 11.6 Å². The van der Waals surface area contributed by atoms with Crippen molar-refractivity contribution in [2.75, 3.05) is 11.6 Å². The molecule has 1 aromatic carbocycles. The molecule has 1 aliphatic carbocycles. The number of nitrogens with zero attached hydrogens (tertiary/aromatic N) is 2.